The van der Waals surface area contributed by atoms with Crippen LogP contribution in [0.5, 0.6) is 0 Å². The number of carboxylic acids is 1. The van der Waals surface area contributed by atoms with E-state index in [4.69, 9.17) is 5.11 Å². The first-order valence-corrected chi connectivity index (χ1v) is 7.81. The number of urea groups is 1. The van der Waals surface area contributed by atoms with Crippen molar-refractivity contribution < 1.29 is 14.7 Å². The highest BCUT2D eigenvalue weighted by molar-refractivity contribution is 5.82. The first kappa shape index (κ1) is 16.8. The average Bonchev–Trinajstić information content (AvgIpc) is 2.93. The van der Waals surface area contributed by atoms with Crippen molar-refractivity contribution in [1.82, 2.24) is 10.6 Å². The smallest absolute Gasteiger partial charge is 0.326 e. The molecule has 0 radical (unpaired) electrons. The standard InChI is InChI=1S/C15H28N2O3/c1-3-11(2)13(14(18)19)17-15(20)16-10-6-9-12-7-4-5-8-12/h11-13H,3-10H2,1-2H3,(H,18,19)(H2,16,17,20). The summed E-state index contributed by atoms with van der Waals surface area (Å²) in [6.07, 6.45) is 8.18. The highest BCUT2D eigenvalue weighted by atomic mass is 16.4. The largest absolute Gasteiger partial charge is 0.480 e. The van der Waals surface area contributed by atoms with Crippen molar-refractivity contribution in [2.75, 3.05) is 6.54 Å². The molecule has 116 valence electrons. The van der Waals surface area contributed by atoms with Crippen LogP contribution in [0.15, 0.2) is 0 Å². The van der Waals surface area contributed by atoms with E-state index >= 15 is 0 Å². The normalized spacial score (nSPS) is 18.5. The van der Waals surface area contributed by atoms with Gasteiger partial charge in [0.15, 0.2) is 0 Å². The van der Waals surface area contributed by atoms with Crippen molar-refractivity contribution in [3.05, 3.63) is 0 Å². The second-order valence-electron chi connectivity index (χ2n) is 5.89. The predicted molar refractivity (Wildman–Crippen MR) is 78.6 cm³/mol. The van der Waals surface area contributed by atoms with Crippen LogP contribution in [0.4, 0.5) is 4.79 Å². The molecule has 0 spiro atoms. The van der Waals surface area contributed by atoms with Crippen LogP contribution < -0.4 is 10.6 Å². The fourth-order valence-corrected chi connectivity index (χ4v) is 2.77. The minimum Gasteiger partial charge on any atom is -0.480 e. The quantitative estimate of drug-likeness (QED) is 0.600. The van der Waals surface area contributed by atoms with Gasteiger partial charge in [0.05, 0.1) is 0 Å². The summed E-state index contributed by atoms with van der Waals surface area (Å²) in [5.74, 6) is -0.219. The molecule has 2 atom stereocenters. The van der Waals surface area contributed by atoms with Gasteiger partial charge in [-0.05, 0) is 24.7 Å². The minimum absolute atomic E-state index is 0.0725. The lowest BCUT2D eigenvalue weighted by Crippen LogP contribution is -2.49. The van der Waals surface area contributed by atoms with E-state index in [9.17, 15) is 9.59 Å². The van der Waals surface area contributed by atoms with Gasteiger partial charge < -0.3 is 15.7 Å². The lowest BCUT2D eigenvalue weighted by molar-refractivity contribution is -0.140. The fraction of sp³-hybridized carbons (Fsp3) is 0.867. The highest BCUT2D eigenvalue weighted by Crippen LogP contribution is 2.28. The van der Waals surface area contributed by atoms with E-state index in [1.165, 1.54) is 25.7 Å². The van der Waals surface area contributed by atoms with E-state index in [1.807, 2.05) is 13.8 Å². The first-order valence-electron chi connectivity index (χ1n) is 7.81. The summed E-state index contributed by atoms with van der Waals surface area (Å²) in [4.78, 5) is 22.8. The molecule has 0 aromatic carbocycles. The molecule has 1 fully saturated rings. The number of carbonyl (C=O) groups excluding carboxylic acids is 1. The molecular weight excluding hydrogens is 256 g/mol. The van der Waals surface area contributed by atoms with Crippen LogP contribution in [0.1, 0.15) is 58.8 Å². The topological polar surface area (TPSA) is 78.4 Å². The summed E-state index contributed by atoms with van der Waals surface area (Å²) in [6.45, 7) is 4.37. The Kier molecular flexibility index (Phi) is 7.41. The van der Waals surface area contributed by atoms with E-state index in [0.717, 1.165) is 25.2 Å². The van der Waals surface area contributed by atoms with Crippen molar-refractivity contribution in [2.45, 2.75) is 64.8 Å². The predicted octanol–water partition coefficient (Wildman–Crippen LogP) is 2.76. The van der Waals surface area contributed by atoms with Crippen molar-refractivity contribution in [3.8, 4) is 0 Å². The van der Waals surface area contributed by atoms with Crippen LogP contribution in [0.3, 0.4) is 0 Å². The number of carboxylic acid groups (broad SMARTS) is 1. The summed E-state index contributed by atoms with van der Waals surface area (Å²) in [5.41, 5.74) is 0. The molecule has 0 saturated heterocycles. The highest BCUT2D eigenvalue weighted by Gasteiger charge is 2.25. The van der Waals surface area contributed by atoms with Gasteiger partial charge in [-0.15, -0.1) is 0 Å². The average molecular weight is 284 g/mol. The molecule has 1 saturated carbocycles. The molecule has 20 heavy (non-hydrogen) atoms. The Balaban J connectivity index is 2.18. The first-order chi connectivity index (χ1) is 9.54. The number of nitrogens with one attached hydrogen (secondary N) is 2. The zero-order valence-corrected chi connectivity index (χ0v) is 12.7. The third-order valence-electron chi connectivity index (χ3n) is 4.32. The van der Waals surface area contributed by atoms with Crippen LogP contribution in [-0.2, 0) is 4.79 Å². The van der Waals surface area contributed by atoms with Gasteiger partial charge in [0.2, 0.25) is 0 Å². The SMILES string of the molecule is CCC(C)C(NC(=O)NCCCC1CCCC1)C(=O)O. The van der Waals surface area contributed by atoms with Gasteiger partial charge in [-0.1, -0.05) is 46.0 Å². The summed E-state index contributed by atoms with van der Waals surface area (Å²) in [6, 6.07) is -1.18. The van der Waals surface area contributed by atoms with Crippen molar-refractivity contribution in [2.24, 2.45) is 11.8 Å². The Morgan fingerprint density at radius 1 is 1.30 bits per heavy atom. The fourth-order valence-electron chi connectivity index (χ4n) is 2.77. The van der Waals surface area contributed by atoms with Gasteiger partial charge in [0.25, 0.3) is 0 Å². The van der Waals surface area contributed by atoms with E-state index in [2.05, 4.69) is 10.6 Å². The van der Waals surface area contributed by atoms with Crippen molar-refractivity contribution in [1.29, 1.82) is 0 Å². The van der Waals surface area contributed by atoms with Crippen LogP contribution in [0.2, 0.25) is 0 Å². The van der Waals surface area contributed by atoms with Gasteiger partial charge in [-0.25, -0.2) is 9.59 Å². The zero-order chi connectivity index (χ0) is 15.0. The maximum Gasteiger partial charge on any atom is 0.326 e. The van der Waals surface area contributed by atoms with Crippen LogP contribution >= 0.6 is 0 Å². The monoisotopic (exact) mass is 284 g/mol. The van der Waals surface area contributed by atoms with Gasteiger partial charge in [0, 0.05) is 6.54 Å². The van der Waals surface area contributed by atoms with E-state index < -0.39 is 12.0 Å². The summed E-state index contributed by atoms with van der Waals surface area (Å²) in [5, 5.41) is 14.4. The Morgan fingerprint density at radius 2 is 1.95 bits per heavy atom. The molecule has 1 aliphatic carbocycles. The van der Waals surface area contributed by atoms with Crippen LogP contribution in [0.25, 0.3) is 0 Å². The molecule has 1 rings (SSSR count). The summed E-state index contributed by atoms with van der Waals surface area (Å²) < 4.78 is 0. The minimum atomic E-state index is -0.972. The third kappa shape index (κ3) is 5.80. The molecule has 2 amide bonds. The van der Waals surface area contributed by atoms with Crippen LogP contribution in [-0.4, -0.2) is 29.7 Å². The number of hydrogen-bond donors (Lipinski definition) is 3. The molecule has 0 heterocycles. The van der Waals surface area contributed by atoms with Gasteiger partial charge in [-0.2, -0.15) is 0 Å². The van der Waals surface area contributed by atoms with Crippen molar-refractivity contribution >= 4 is 12.0 Å². The molecular formula is C15H28N2O3. The second-order valence-corrected chi connectivity index (χ2v) is 5.89. The number of hydrogen-bond acceptors (Lipinski definition) is 2. The second kappa shape index (κ2) is 8.82. The van der Waals surface area contributed by atoms with Crippen LogP contribution in [0, 0.1) is 11.8 Å². The Bertz CT molecular complexity index is 314. The molecule has 0 aliphatic heterocycles. The summed E-state index contributed by atoms with van der Waals surface area (Å²) >= 11 is 0. The third-order valence-corrected chi connectivity index (χ3v) is 4.32. The number of aliphatic carboxylic acids is 1. The van der Waals surface area contributed by atoms with Crippen molar-refractivity contribution in [3.63, 3.8) is 0 Å². The van der Waals surface area contributed by atoms with E-state index in [-0.39, 0.29) is 11.9 Å². The molecule has 1 aliphatic rings. The Labute approximate surface area is 121 Å². The Hall–Kier alpha value is -1.26. The lowest BCUT2D eigenvalue weighted by Gasteiger charge is -2.20. The van der Waals surface area contributed by atoms with E-state index in [1.54, 1.807) is 0 Å². The maximum atomic E-state index is 11.7. The lowest BCUT2D eigenvalue weighted by atomic mass is 9.99. The molecule has 0 aromatic rings. The number of rotatable bonds is 8. The number of carbonyl (C=O) groups is 2. The molecule has 2 unspecified atom stereocenters. The molecule has 5 heteroatoms. The number of amides is 2. The zero-order valence-electron chi connectivity index (χ0n) is 12.7. The van der Waals surface area contributed by atoms with E-state index in [0.29, 0.717) is 6.54 Å². The Morgan fingerprint density at radius 3 is 2.50 bits per heavy atom. The molecule has 0 aromatic heterocycles. The molecule has 3 N–H and O–H groups in total. The maximum absolute atomic E-state index is 11.7. The van der Waals surface area contributed by atoms with Gasteiger partial charge in [-0.3, -0.25) is 0 Å². The molecule has 5 nitrogen and oxygen atoms in total. The van der Waals surface area contributed by atoms with Gasteiger partial charge >= 0.3 is 12.0 Å². The van der Waals surface area contributed by atoms with Gasteiger partial charge in [0.1, 0.15) is 6.04 Å². The summed E-state index contributed by atoms with van der Waals surface area (Å²) in [7, 11) is 0. The molecule has 0 bridgehead atoms.